The summed E-state index contributed by atoms with van der Waals surface area (Å²) in [4.78, 5) is 19.5. The third-order valence-corrected chi connectivity index (χ3v) is 5.85. The Morgan fingerprint density at radius 2 is 2.36 bits per heavy atom. The molecular weight excluding hydrogens is 332 g/mol. The monoisotopic (exact) mass is 356 g/mol. The molecule has 0 saturated carbocycles. The lowest BCUT2D eigenvalue weighted by atomic mass is 10.1. The van der Waals surface area contributed by atoms with Gasteiger partial charge in [-0.25, -0.2) is 4.98 Å². The van der Waals surface area contributed by atoms with Crippen LogP contribution in [-0.2, 0) is 6.54 Å². The van der Waals surface area contributed by atoms with Crippen LogP contribution in [-0.4, -0.2) is 41.0 Å². The van der Waals surface area contributed by atoms with Gasteiger partial charge >= 0.3 is 0 Å². The van der Waals surface area contributed by atoms with Crippen molar-refractivity contribution in [2.24, 2.45) is 0 Å². The quantitative estimate of drug-likeness (QED) is 0.864. The number of anilines is 1. The zero-order valence-electron chi connectivity index (χ0n) is 14.7. The molecule has 0 aliphatic carbocycles. The van der Waals surface area contributed by atoms with Crippen molar-refractivity contribution < 1.29 is 4.79 Å². The van der Waals surface area contributed by atoms with Gasteiger partial charge in [-0.3, -0.25) is 15.0 Å². The third-order valence-electron chi connectivity index (χ3n) is 5.08. The number of thiazole rings is 1. The maximum Gasteiger partial charge on any atom is 0.257 e. The number of hydrogen-bond acceptors (Lipinski definition) is 5. The number of likely N-dealkylation sites (tertiary alicyclic amines) is 1. The molecule has 1 aromatic carbocycles. The van der Waals surface area contributed by atoms with Crippen LogP contribution in [0.2, 0.25) is 0 Å². The Bertz CT molecular complexity index is 772. The van der Waals surface area contributed by atoms with Gasteiger partial charge in [0.15, 0.2) is 5.13 Å². The van der Waals surface area contributed by atoms with Crippen molar-refractivity contribution in [1.82, 2.24) is 15.2 Å². The predicted molar refractivity (Wildman–Crippen MR) is 101 cm³/mol. The van der Waals surface area contributed by atoms with Crippen molar-refractivity contribution in [3.05, 3.63) is 46.5 Å². The van der Waals surface area contributed by atoms with E-state index in [1.807, 2.05) is 23.6 Å². The van der Waals surface area contributed by atoms with Gasteiger partial charge in [-0.15, -0.1) is 11.3 Å². The molecule has 2 aromatic rings. The van der Waals surface area contributed by atoms with Crippen LogP contribution in [0.4, 0.5) is 5.13 Å². The van der Waals surface area contributed by atoms with Crippen molar-refractivity contribution in [1.29, 1.82) is 0 Å². The fourth-order valence-electron chi connectivity index (χ4n) is 3.66. The number of benzene rings is 1. The number of piperazine rings is 1. The summed E-state index contributed by atoms with van der Waals surface area (Å²) in [6.07, 6.45) is 1.25. The first kappa shape index (κ1) is 16.7. The highest BCUT2D eigenvalue weighted by atomic mass is 32.1. The highest BCUT2D eigenvalue weighted by Gasteiger charge is 2.37. The Labute approximate surface area is 152 Å². The van der Waals surface area contributed by atoms with Gasteiger partial charge in [0.1, 0.15) is 0 Å². The first-order chi connectivity index (χ1) is 12.1. The van der Waals surface area contributed by atoms with Gasteiger partial charge in [-0.1, -0.05) is 26.0 Å². The number of carbonyl (C=O) groups excluding carboxylic acids is 1. The van der Waals surface area contributed by atoms with Crippen molar-refractivity contribution >= 4 is 22.4 Å². The number of aromatic nitrogens is 1. The van der Waals surface area contributed by atoms with E-state index in [0.717, 1.165) is 25.3 Å². The minimum absolute atomic E-state index is 0.0869. The summed E-state index contributed by atoms with van der Waals surface area (Å²) in [6.45, 7) is 7.32. The van der Waals surface area contributed by atoms with Gasteiger partial charge in [-0.05, 0) is 30.0 Å². The van der Waals surface area contributed by atoms with E-state index in [1.165, 1.54) is 23.3 Å². The third kappa shape index (κ3) is 3.61. The Morgan fingerprint density at radius 3 is 3.04 bits per heavy atom. The molecule has 2 atom stereocenters. The molecule has 2 aliphatic rings. The molecule has 1 aromatic heterocycles. The first-order valence-electron chi connectivity index (χ1n) is 8.91. The molecular formula is C19H24N4OS. The predicted octanol–water partition coefficient (Wildman–Crippen LogP) is 3.06. The number of hydrogen-bond donors (Lipinski definition) is 2. The van der Waals surface area contributed by atoms with Crippen molar-refractivity contribution in [3.63, 3.8) is 0 Å². The van der Waals surface area contributed by atoms with Gasteiger partial charge in [-0.2, -0.15) is 0 Å². The molecule has 25 heavy (non-hydrogen) atoms. The molecule has 5 nitrogen and oxygen atoms in total. The Morgan fingerprint density at radius 1 is 1.48 bits per heavy atom. The van der Waals surface area contributed by atoms with Gasteiger partial charge in [0, 0.05) is 42.7 Å². The largest absolute Gasteiger partial charge is 0.311 e. The molecule has 1 amide bonds. The van der Waals surface area contributed by atoms with Gasteiger partial charge in [0.05, 0.1) is 5.69 Å². The number of nitrogens with one attached hydrogen (secondary N) is 2. The lowest BCUT2D eigenvalue weighted by Crippen LogP contribution is -2.42. The second-order valence-corrected chi connectivity index (χ2v) is 8.17. The van der Waals surface area contributed by atoms with Crippen LogP contribution in [0, 0.1) is 0 Å². The number of rotatable bonds is 5. The lowest BCUT2D eigenvalue weighted by molar-refractivity contribution is 0.102. The molecule has 2 aliphatic heterocycles. The Kier molecular flexibility index (Phi) is 4.58. The van der Waals surface area contributed by atoms with E-state index in [-0.39, 0.29) is 5.91 Å². The number of carbonyl (C=O) groups is 1. The Hall–Kier alpha value is -1.76. The van der Waals surface area contributed by atoms with E-state index in [2.05, 4.69) is 40.4 Å². The fraction of sp³-hybridized carbons (Fsp3) is 0.474. The zero-order chi connectivity index (χ0) is 17.4. The average Bonchev–Trinajstić information content (AvgIpc) is 3.31. The van der Waals surface area contributed by atoms with Crippen molar-refractivity contribution in [2.45, 2.75) is 44.8 Å². The molecule has 2 N–H and O–H groups in total. The van der Waals surface area contributed by atoms with E-state index in [1.54, 1.807) is 0 Å². The van der Waals surface area contributed by atoms with Gasteiger partial charge < -0.3 is 5.32 Å². The van der Waals surface area contributed by atoms with Gasteiger partial charge in [0.2, 0.25) is 0 Å². The standard InChI is InChI=1S/C19H24N4OS/c1-12(2)17-11-25-19(21-17)22-18(24)14-5-3-4-13(6-14)9-23-10-15-7-16(23)8-20-15/h3-6,11-12,15-16,20H,7-10H2,1-2H3,(H,21,22,24)/t15-,16-/m0/s1. The van der Waals surface area contributed by atoms with Crippen LogP contribution in [0.15, 0.2) is 29.6 Å². The molecule has 0 unspecified atom stereocenters. The zero-order valence-corrected chi connectivity index (χ0v) is 15.5. The maximum atomic E-state index is 12.5. The lowest BCUT2D eigenvalue weighted by Gasteiger charge is -2.27. The van der Waals surface area contributed by atoms with Crippen LogP contribution in [0.5, 0.6) is 0 Å². The molecule has 4 rings (SSSR count). The van der Waals surface area contributed by atoms with Crippen LogP contribution < -0.4 is 10.6 Å². The Balaban J connectivity index is 1.42. The second-order valence-electron chi connectivity index (χ2n) is 7.31. The molecule has 2 saturated heterocycles. The smallest absolute Gasteiger partial charge is 0.257 e. The summed E-state index contributed by atoms with van der Waals surface area (Å²) in [7, 11) is 0. The van der Waals surface area contributed by atoms with Crippen LogP contribution in [0.3, 0.4) is 0 Å². The summed E-state index contributed by atoms with van der Waals surface area (Å²) in [5.74, 6) is 0.284. The molecule has 2 bridgehead atoms. The van der Waals surface area contributed by atoms with Crippen LogP contribution in [0.25, 0.3) is 0 Å². The van der Waals surface area contributed by atoms with Crippen molar-refractivity contribution in [3.8, 4) is 0 Å². The van der Waals surface area contributed by atoms with Gasteiger partial charge in [0.25, 0.3) is 5.91 Å². The van der Waals surface area contributed by atoms with E-state index >= 15 is 0 Å². The molecule has 0 radical (unpaired) electrons. The average molecular weight is 356 g/mol. The summed E-state index contributed by atoms with van der Waals surface area (Å²) in [6, 6.07) is 9.25. The van der Waals surface area contributed by atoms with Crippen LogP contribution in [0.1, 0.15) is 47.8 Å². The second kappa shape index (κ2) is 6.86. The SMILES string of the molecule is CC(C)c1csc(NC(=O)c2cccc(CN3C[C@@H]4C[C@H]3CN4)c2)n1. The molecule has 6 heteroatoms. The minimum Gasteiger partial charge on any atom is -0.311 e. The fourth-order valence-corrected chi connectivity index (χ4v) is 4.53. The summed E-state index contributed by atoms with van der Waals surface area (Å²) in [5, 5.41) is 9.13. The number of nitrogens with zero attached hydrogens (tertiary/aromatic N) is 2. The van der Waals surface area contributed by atoms with E-state index < -0.39 is 0 Å². The topological polar surface area (TPSA) is 57.3 Å². The van der Waals surface area contributed by atoms with E-state index in [0.29, 0.717) is 28.7 Å². The number of amides is 1. The molecule has 2 fully saturated rings. The minimum atomic E-state index is -0.0869. The summed E-state index contributed by atoms with van der Waals surface area (Å²) in [5.41, 5.74) is 2.91. The molecule has 0 spiro atoms. The highest BCUT2D eigenvalue weighted by molar-refractivity contribution is 7.14. The van der Waals surface area contributed by atoms with Crippen LogP contribution >= 0.6 is 11.3 Å². The molecule has 3 heterocycles. The summed E-state index contributed by atoms with van der Waals surface area (Å²) >= 11 is 1.48. The van der Waals surface area contributed by atoms with E-state index in [9.17, 15) is 4.79 Å². The van der Waals surface area contributed by atoms with E-state index in [4.69, 9.17) is 0 Å². The highest BCUT2D eigenvalue weighted by Crippen LogP contribution is 2.25. The van der Waals surface area contributed by atoms with Crippen molar-refractivity contribution in [2.75, 3.05) is 18.4 Å². The maximum absolute atomic E-state index is 12.5. The normalized spacial score (nSPS) is 22.7. The first-order valence-corrected chi connectivity index (χ1v) is 9.79. The molecule has 132 valence electrons. The summed E-state index contributed by atoms with van der Waals surface area (Å²) < 4.78 is 0. The number of fused-ring (bicyclic) bond motifs is 2.